The summed E-state index contributed by atoms with van der Waals surface area (Å²) in [6.45, 7) is 3.73. The molecule has 2 aromatic rings. The fourth-order valence-electron chi connectivity index (χ4n) is 2.79. The van der Waals surface area contributed by atoms with E-state index in [1.807, 2.05) is 49.4 Å². The normalized spacial score (nSPS) is 15.9. The van der Waals surface area contributed by atoms with Gasteiger partial charge in [0, 0.05) is 0 Å². The van der Waals surface area contributed by atoms with Gasteiger partial charge in [0.05, 0.1) is 18.1 Å². The Balaban J connectivity index is 1.71. The zero-order valence-electron chi connectivity index (χ0n) is 17.5. The van der Waals surface area contributed by atoms with Crippen LogP contribution in [-0.4, -0.2) is 34.7 Å². The van der Waals surface area contributed by atoms with E-state index in [-0.39, 0.29) is 17.6 Å². The molecular formula is C23H21I2NO5S. The lowest BCUT2D eigenvalue weighted by molar-refractivity contribution is -0.150. The first kappa shape index (κ1) is 25.0. The molecule has 1 aliphatic rings. The predicted octanol–water partition coefficient (Wildman–Crippen LogP) is 5.85. The molecule has 1 fully saturated rings. The van der Waals surface area contributed by atoms with Crippen LogP contribution in [0.4, 0.5) is 4.79 Å². The van der Waals surface area contributed by atoms with E-state index in [0.29, 0.717) is 13.0 Å². The number of carbonyl (C=O) groups excluding carboxylic acids is 3. The maximum atomic E-state index is 12.7. The van der Waals surface area contributed by atoms with Crippen LogP contribution < -0.4 is 4.74 Å². The van der Waals surface area contributed by atoms with Crippen molar-refractivity contribution in [1.29, 1.82) is 0 Å². The van der Waals surface area contributed by atoms with E-state index in [4.69, 9.17) is 9.47 Å². The van der Waals surface area contributed by atoms with E-state index in [0.717, 1.165) is 40.7 Å². The first-order valence-corrected chi connectivity index (χ1v) is 12.9. The van der Waals surface area contributed by atoms with Crippen molar-refractivity contribution in [1.82, 2.24) is 4.90 Å². The molecule has 0 N–H and O–H groups in total. The summed E-state index contributed by atoms with van der Waals surface area (Å²) in [5.41, 5.74) is 1.85. The van der Waals surface area contributed by atoms with Gasteiger partial charge in [0.25, 0.3) is 11.1 Å². The Bertz CT molecular complexity index is 1030. The number of nitrogens with zero attached hydrogens (tertiary/aromatic N) is 1. The molecule has 0 saturated carbocycles. The highest BCUT2D eigenvalue weighted by Crippen LogP contribution is 2.35. The summed E-state index contributed by atoms with van der Waals surface area (Å²) in [5, 5.41) is -0.477. The maximum absolute atomic E-state index is 12.7. The minimum absolute atomic E-state index is 0.259. The van der Waals surface area contributed by atoms with Crippen LogP contribution in [0.2, 0.25) is 0 Å². The summed E-state index contributed by atoms with van der Waals surface area (Å²) >= 11 is 5.21. The topological polar surface area (TPSA) is 72.9 Å². The van der Waals surface area contributed by atoms with Crippen LogP contribution in [0, 0.1) is 7.14 Å². The Morgan fingerprint density at radius 3 is 2.44 bits per heavy atom. The average molecular weight is 677 g/mol. The third kappa shape index (κ3) is 6.47. The molecule has 1 atom stereocenters. The minimum atomic E-state index is -0.591. The summed E-state index contributed by atoms with van der Waals surface area (Å²) < 4.78 is 13.0. The number of amides is 2. The molecule has 0 spiro atoms. The first-order valence-electron chi connectivity index (χ1n) is 9.89. The molecule has 9 heteroatoms. The quantitative estimate of drug-likeness (QED) is 0.199. The zero-order chi connectivity index (χ0) is 23.3. The lowest BCUT2D eigenvalue weighted by Crippen LogP contribution is -2.35. The molecule has 1 saturated heterocycles. The van der Waals surface area contributed by atoms with Gasteiger partial charge in [0.15, 0.2) is 0 Å². The molecule has 0 aromatic heterocycles. The zero-order valence-corrected chi connectivity index (χ0v) is 22.6. The average Bonchev–Trinajstić information content (AvgIpc) is 3.01. The van der Waals surface area contributed by atoms with Crippen LogP contribution in [0.1, 0.15) is 31.4 Å². The lowest BCUT2D eigenvalue weighted by Gasteiger charge is -2.15. The van der Waals surface area contributed by atoms with Crippen molar-refractivity contribution in [2.75, 3.05) is 6.54 Å². The van der Waals surface area contributed by atoms with Gasteiger partial charge in [0.1, 0.15) is 18.9 Å². The molecule has 0 bridgehead atoms. The van der Waals surface area contributed by atoms with E-state index < -0.39 is 17.1 Å². The summed E-state index contributed by atoms with van der Waals surface area (Å²) in [5.74, 6) is -0.310. The van der Waals surface area contributed by atoms with Crippen molar-refractivity contribution in [2.45, 2.75) is 33.0 Å². The van der Waals surface area contributed by atoms with Crippen molar-refractivity contribution in [3.63, 3.8) is 0 Å². The second-order valence-electron chi connectivity index (χ2n) is 7.06. The van der Waals surface area contributed by atoms with Gasteiger partial charge < -0.3 is 9.47 Å². The van der Waals surface area contributed by atoms with Gasteiger partial charge in [-0.05, 0) is 99.6 Å². The molecule has 3 rings (SSSR count). The molecule has 6 nitrogen and oxygen atoms in total. The number of hydrogen-bond acceptors (Lipinski definition) is 6. The van der Waals surface area contributed by atoms with Gasteiger partial charge in [-0.2, -0.15) is 0 Å². The number of hydrogen-bond donors (Lipinski definition) is 0. The molecule has 32 heavy (non-hydrogen) atoms. The predicted molar refractivity (Wildman–Crippen MR) is 141 cm³/mol. The van der Waals surface area contributed by atoms with Crippen LogP contribution in [0.3, 0.4) is 0 Å². The summed E-state index contributed by atoms with van der Waals surface area (Å²) in [4.78, 5) is 38.2. The van der Waals surface area contributed by atoms with Gasteiger partial charge in [0.2, 0.25) is 0 Å². The van der Waals surface area contributed by atoms with Gasteiger partial charge in [-0.25, -0.2) is 0 Å². The smallest absolute Gasteiger partial charge is 0.326 e. The molecular weight excluding hydrogens is 656 g/mol. The second kappa shape index (κ2) is 11.5. The molecule has 0 unspecified atom stereocenters. The fourth-order valence-corrected chi connectivity index (χ4v) is 5.76. The Kier molecular flexibility index (Phi) is 9.00. The number of ether oxygens (including phenoxy) is 2. The SMILES string of the molecule is CC[C@@H](C)OC(=O)CN1C(=O)S/C(=C/c2cc(I)c(OCc3ccccc3)c(I)c2)C1=O. The third-order valence-corrected chi connectivity index (χ3v) is 7.12. The van der Waals surface area contributed by atoms with Gasteiger partial charge in [-0.15, -0.1) is 0 Å². The van der Waals surface area contributed by atoms with Gasteiger partial charge in [-0.1, -0.05) is 37.3 Å². The number of halogens is 2. The minimum Gasteiger partial charge on any atom is -0.487 e. The number of rotatable bonds is 8. The number of imide groups is 1. The highest BCUT2D eigenvalue weighted by Gasteiger charge is 2.37. The summed E-state index contributed by atoms with van der Waals surface area (Å²) in [6, 6.07) is 13.7. The fraction of sp³-hybridized carbons (Fsp3) is 0.261. The van der Waals surface area contributed by atoms with Crippen LogP contribution >= 0.6 is 56.9 Å². The van der Waals surface area contributed by atoms with E-state index >= 15 is 0 Å². The maximum Gasteiger partial charge on any atom is 0.326 e. The first-order chi connectivity index (χ1) is 15.3. The number of benzene rings is 2. The highest BCUT2D eigenvalue weighted by molar-refractivity contribution is 14.1. The Labute approximate surface area is 218 Å². The van der Waals surface area contributed by atoms with Gasteiger partial charge >= 0.3 is 5.97 Å². The molecule has 1 heterocycles. The van der Waals surface area contributed by atoms with Crippen molar-refractivity contribution in [3.8, 4) is 5.75 Å². The van der Waals surface area contributed by atoms with E-state index in [9.17, 15) is 14.4 Å². The Hall–Kier alpha value is -1.60. The number of esters is 1. The monoisotopic (exact) mass is 677 g/mol. The molecule has 2 amide bonds. The second-order valence-corrected chi connectivity index (χ2v) is 10.4. The highest BCUT2D eigenvalue weighted by atomic mass is 127. The number of carbonyl (C=O) groups is 3. The van der Waals surface area contributed by atoms with E-state index in [1.54, 1.807) is 13.0 Å². The molecule has 1 aliphatic heterocycles. The van der Waals surface area contributed by atoms with Crippen molar-refractivity contribution >= 4 is 80.1 Å². The molecule has 0 radical (unpaired) electrons. The molecule has 2 aromatic carbocycles. The van der Waals surface area contributed by atoms with Crippen LogP contribution in [0.25, 0.3) is 6.08 Å². The molecule has 168 valence electrons. The third-order valence-electron chi connectivity index (χ3n) is 4.61. The largest absolute Gasteiger partial charge is 0.487 e. The van der Waals surface area contributed by atoms with Crippen molar-refractivity contribution < 1.29 is 23.9 Å². The van der Waals surface area contributed by atoms with Crippen molar-refractivity contribution in [3.05, 3.63) is 65.6 Å². The van der Waals surface area contributed by atoms with Crippen LogP contribution in [-0.2, 0) is 20.9 Å². The lowest BCUT2D eigenvalue weighted by atomic mass is 10.2. The Morgan fingerprint density at radius 2 is 1.81 bits per heavy atom. The van der Waals surface area contributed by atoms with E-state index in [2.05, 4.69) is 45.2 Å². The number of thioether (sulfide) groups is 1. The Morgan fingerprint density at radius 1 is 1.16 bits per heavy atom. The summed E-state index contributed by atoms with van der Waals surface area (Å²) in [6.07, 6.45) is 2.07. The standard InChI is InChI=1S/C23H21I2NO5S/c1-3-14(2)31-20(27)12-26-22(28)19(32-23(26)29)11-16-9-17(24)21(18(25)10-16)30-13-15-7-5-4-6-8-15/h4-11,14H,3,12-13H2,1-2H3/b19-11+/t14-/m1/s1. The summed E-state index contributed by atoms with van der Waals surface area (Å²) in [7, 11) is 0. The van der Waals surface area contributed by atoms with E-state index in [1.165, 1.54) is 0 Å². The van der Waals surface area contributed by atoms with Crippen molar-refractivity contribution in [2.24, 2.45) is 0 Å². The van der Waals surface area contributed by atoms with Crippen LogP contribution in [0.15, 0.2) is 47.4 Å². The van der Waals surface area contributed by atoms with Gasteiger partial charge in [-0.3, -0.25) is 19.3 Å². The molecule has 0 aliphatic carbocycles. The van der Waals surface area contributed by atoms with Crippen LogP contribution in [0.5, 0.6) is 5.75 Å².